The minimum atomic E-state index is 0.635. The number of likely N-dealkylation sites (tertiary alicyclic amines) is 1. The van der Waals surface area contributed by atoms with Gasteiger partial charge in [-0.25, -0.2) is 0 Å². The van der Waals surface area contributed by atoms with Gasteiger partial charge in [0, 0.05) is 0 Å². The number of nitrogens with one attached hydrogen (secondary N) is 1. The summed E-state index contributed by atoms with van der Waals surface area (Å²) in [6.45, 7) is 8.14. The van der Waals surface area contributed by atoms with Gasteiger partial charge in [-0.1, -0.05) is 20.3 Å². The Labute approximate surface area is 76.3 Å². The summed E-state index contributed by atoms with van der Waals surface area (Å²) in [4.78, 5) is 2.59. The van der Waals surface area contributed by atoms with Crippen molar-refractivity contribution < 1.29 is 0 Å². The van der Waals surface area contributed by atoms with E-state index in [0.717, 1.165) is 6.54 Å². The van der Waals surface area contributed by atoms with E-state index in [4.69, 9.17) is 0 Å². The van der Waals surface area contributed by atoms with Crippen LogP contribution in [0.2, 0.25) is 0 Å². The van der Waals surface area contributed by atoms with Gasteiger partial charge in [-0.3, -0.25) is 4.90 Å². The Kier molecular flexibility index (Phi) is 4.62. The Hall–Kier alpha value is -0.0800. The fraction of sp³-hybridized carbons (Fsp3) is 1.00. The fourth-order valence-corrected chi connectivity index (χ4v) is 2.00. The van der Waals surface area contributed by atoms with Crippen molar-refractivity contribution in [1.29, 1.82) is 0 Å². The van der Waals surface area contributed by atoms with Crippen molar-refractivity contribution in [3.8, 4) is 0 Å². The van der Waals surface area contributed by atoms with Crippen LogP contribution in [0.25, 0.3) is 0 Å². The van der Waals surface area contributed by atoms with Crippen molar-refractivity contribution in [1.82, 2.24) is 10.2 Å². The molecule has 0 spiro atoms. The molecule has 0 aromatic carbocycles. The van der Waals surface area contributed by atoms with E-state index in [2.05, 4.69) is 24.1 Å². The van der Waals surface area contributed by atoms with Crippen molar-refractivity contribution >= 4 is 0 Å². The molecule has 2 nitrogen and oxygen atoms in total. The second-order valence-corrected chi connectivity index (χ2v) is 3.58. The lowest BCUT2D eigenvalue weighted by Gasteiger charge is -2.34. The van der Waals surface area contributed by atoms with Crippen LogP contribution in [0.4, 0.5) is 0 Å². The Morgan fingerprint density at radius 3 is 2.33 bits per heavy atom. The van der Waals surface area contributed by atoms with E-state index in [1.54, 1.807) is 0 Å². The third-order valence-electron chi connectivity index (χ3n) is 2.66. The summed E-state index contributed by atoms with van der Waals surface area (Å²) in [5.74, 6) is 0. The first-order valence-electron chi connectivity index (χ1n) is 5.36. The summed E-state index contributed by atoms with van der Waals surface area (Å²) in [7, 11) is 0. The average Bonchev–Trinajstić information content (AvgIpc) is 2.15. The lowest BCUT2D eigenvalue weighted by Crippen LogP contribution is -2.47. The van der Waals surface area contributed by atoms with E-state index in [1.807, 2.05) is 0 Å². The minimum Gasteiger partial charge on any atom is -0.302 e. The zero-order valence-electron chi connectivity index (χ0n) is 8.47. The summed E-state index contributed by atoms with van der Waals surface area (Å²) in [5.41, 5.74) is 0. The van der Waals surface area contributed by atoms with Crippen LogP contribution in [-0.2, 0) is 0 Å². The summed E-state index contributed by atoms with van der Waals surface area (Å²) in [6, 6.07) is 0. The van der Waals surface area contributed by atoms with Crippen LogP contribution in [0.15, 0.2) is 0 Å². The Bertz CT molecular complexity index is 106. The maximum Gasteiger partial charge on any atom is 0.0594 e. The highest BCUT2D eigenvalue weighted by Crippen LogP contribution is 2.12. The van der Waals surface area contributed by atoms with E-state index in [9.17, 15) is 0 Å². The van der Waals surface area contributed by atoms with Gasteiger partial charge in [0.2, 0.25) is 0 Å². The van der Waals surface area contributed by atoms with Crippen LogP contribution in [0.3, 0.4) is 0 Å². The van der Waals surface area contributed by atoms with Crippen LogP contribution in [0.5, 0.6) is 0 Å². The zero-order chi connectivity index (χ0) is 8.81. The first-order valence-corrected chi connectivity index (χ1v) is 5.36. The molecule has 0 amide bonds. The lowest BCUT2D eigenvalue weighted by atomic mass is 10.1. The van der Waals surface area contributed by atoms with E-state index in [0.29, 0.717) is 6.17 Å². The molecule has 1 saturated heterocycles. The summed E-state index contributed by atoms with van der Waals surface area (Å²) >= 11 is 0. The van der Waals surface area contributed by atoms with Crippen LogP contribution in [-0.4, -0.2) is 30.7 Å². The smallest absolute Gasteiger partial charge is 0.0594 e. The average molecular weight is 170 g/mol. The number of hydrogen-bond acceptors (Lipinski definition) is 2. The molecule has 0 bridgehead atoms. The second kappa shape index (κ2) is 5.55. The largest absolute Gasteiger partial charge is 0.302 e. The number of rotatable bonds is 4. The first-order chi connectivity index (χ1) is 5.88. The first kappa shape index (κ1) is 10.0. The second-order valence-electron chi connectivity index (χ2n) is 3.58. The highest BCUT2D eigenvalue weighted by Gasteiger charge is 2.17. The molecule has 0 aliphatic carbocycles. The maximum absolute atomic E-state index is 3.53. The van der Waals surface area contributed by atoms with Gasteiger partial charge in [-0.05, 0) is 38.9 Å². The molecular formula is C10H22N2. The van der Waals surface area contributed by atoms with Crippen molar-refractivity contribution in [2.24, 2.45) is 0 Å². The predicted octanol–water partition coefficient (Wildman–Crippen LogP) is 1.82. The van der Waals surface area contributed by atoms with E-state index < -0.39 is 0 Å². The summed E-state index contributed by atoms with van der Waals surface area (Å²) in [5, 5.41) is 3.53. The zero-order valence-corrected chi connectivity index (χ0v) is 8.47. The Morgan fingerprint density at radius 2 is 1.83 bits per heavy atom. The number of nitrogens with zero attached hydrogens (tertiary/aromatic N) is 1. The SMILES string of the molecule is CCNC(CC)N1CCCCC1. The Balaban J connectivity index is 2.29. The van der Waals surface area contributed by atoms with E-state index in [-0.39, 0.29) is 0 Å². The maximum atomic E-state index is 3.53. The molecule has 1 unspecified atom stereocenters. The highest BCUT2D eigenvalue weighted by atomic mass is 15.3. The third kappa shape index (κ3) is 2.76. The standard InChI is InChI=1S/C10H22N2/c1-3-10(11-4-2)12-8-6-5-7-9-12/h10-11H,3-9H2,1-2H3. The van der Waals surface area contributed by atoms with Crippen LogP contribution in [0.1, 0.15) is 39.5 Å². The van der Waals surface area contributed by atoms with Crippen LogP contribution < -0.4 is 5.32 Å². The lowest BCUT2D eigenvalue weighted by molar-refractivity contribution is 0.134. The molecule has 2 heteroatoms. The van der Waals surface area contributed by atoms with Gasteiger partial charge < -0.3 is 5.32 Å². The van der Waals surface area contributed by atoms with Crippen molar-refractivity contribution in [2.75, 3.05) is 19.6 Å². The van der Waals surface area contributed by atoms with Gasteiger partial charge >= 0.3 is 0 Å². The highest BCUT2D eigenvalue weighted by molar-refractivity contribution is 4.71. The van der Waals surface area contributed by atoms with Crippen LogP contribution >= 0.6 is 0 Å². The third-order valence-corrected chi connectivity index (χ3v) is 2.66. The molecule has 0 saturated carbocycles. The fourth-order valence-electron chi connectivity index (χ4n) is 2.00. The molecule has 0 aromatic rings. The normalized spacial score (nSPS) is 22.5. The molecule has 0 radical (unpaired) electrons. The van der Waals surface area contributed by atoms with Crippen LogP contribution in [0, 0.1) is 0 Å². The molecule has 72 valence electrons. The van der Waals surface area contributed by atoms with Gasteiger partial charge in [-0.15, -0.1) is 0 Å². The molecular weight excluding hydrogens is 148 g/mol. The molecule has 1 aliphatic rings. The molecule has 1 heterocycles. The number of piperidine rings is 1. The van der Waals surface area contributed by atoms with Gasteiger partial charge in [0.1, 0.15) is 0 Å². The number of hydrogen-bond donors (Lipinski definition) is 1. The quantitative estimate of drug-likeness (QED) is 0.692. The monoisotopic (exact) mass is 170 g/mol. The molecule has 0 aromatic heterocycles. The van der Waals surface area contributed by atoms with Gasteiger partial charge in [0.25, 0.3) is 0 Å². The van der Waals surface area contributed by atoms with Crippen molar-refractivity contribution in [2.45, 2.75) is 45.7 Å². The van der Waals surface area contributed by atoms with Crippen molar-refractivity contribution in [3.05, 3.63) is 0 Å². The molecule has 1 fully saturated rings. The summed E-state index contributed by atoms with van der Waals surface area (Å²) in [6.07, 6.45) is 6.08. The Morgan fingerprint density at radius 1 is 1.17 bits per heavy atom. The molecule has 1 aliphatic heterocycles. The van der Waals surface area contributed by atoms with Gasteiger partial charge in [0.05, 0.1) is 6.17 Å². The van der Waals surface area contributed by atoms with E-state index >= 15 is 0 Å². The van der Waals surface area contributed by atoms with Gasteiger partial charge in [0.15, 0.2) is 0 Å². The van der Waals surface area contributed by atoms with E-state index in [1.165, 1.54) is 38.8 Å². The minimum absolute atomic E-state index is 0.635. The van der Waals surface area contributed by atoms with Crippen molar-refractivity contribution in [3.63, 3.8) is 0 Å². The topological polar surface area (TPSA) is 15.3 Å². The molecule has 12 heavy (non-hydrogen) atoms. The molecule has 1 atom stereocenters. The predicted molar refractivity (Wildman–Crippen MR) is 53.2 cm³/mol. The molecule has 1 N–H and O–H groups in total. The summed E-state index contributed by atoms with van der Waals surface area (Å²) < 4.78 is 0. The molecule has 1 rings (SSSR count). The van der Waals surface area contributed by atoms with Gasteiger partial charge in [-0.2, -0.15) is 0 Å².